The normalized spacial score (nSPS) is 12.1. The van der Waals surface area contributed by atoms with Gasteiger partial charge in [0, 0.05) is 0 Å². The van der Waals surface area contributed by atoms with E-state index in [0.717, 1.165) is 11.3 Å². The number of rotatable bonds is 3. The van der Waals surface area contributed by atoms with Crippen molar-refractivity contribution in [2.24, 2.45) is 0 Å². The zero-order valence-electron chi connectivity index (χ0n) is 9.94. The lowest BCUT2D eigenvalue weighted by molar-refractivity contribution is 0.0910. The first-order valence-corrected chi connectivity index (χ1v) is 5.59. The third kappa shape index (κ3) is 2.75. The van der Waals surface area contributed by atoms with Crippen molar-refractivity contribution in [1.82, 2.24) is 5.32 Å². The minimum absolute atomic E-state index is 0.0332. The molecule has 1 atom stereocenters. The summed E-state index contributed by atoms with van der Waals surface area (Å²) in [6, 6.07) is 13.3. The maximum atomic E-state index is 11.8. The second-order valence-electron chi connectivity index (χ2n) is 4.02. The molecule has 1 heterocycles. The first-order chi connectivity index (χ1) is 8.16. The van der Waals surface area contributed by atoms with E-state index in [9.17, 15) is 4.79 Å². The number of furan rings is 1. The predicted octanol–water partition coefficient (Wildman–Crippen LogP) is 3.08. The van der Waals surface area contributed by atoms with Crippen LogP contribution in [0.4, 0.5) is 0 Å². The molecule has 0 spiro atoms. The summed E-state index contributed by atoms with van der Waals surface area (Å²) >= 11 is 0. The molecule has 2 rings (SSSR count). The Hall–Kier alpha value is -2.03. The van der Waals surface area contributed by atoms with Crippen LogP contribution in [0, 0.1) is 6.92 Å². The highest BCUT2D eigenvalue weighted by Gasteiger charge is 2.13. The first kappa shape index (κ1) is 11.5. The predicted molar refractivity (Wildman–Crippen MR) is 65.8 cm³/mol. The molecule has 0 aliphatic carbocycles. The highest BCUT2D eigenvalue weighted by atomic mass is 16.3. The molecule has 0 saturated heterocycles. The molecule has 3 heteroatoms. The molecule has 0 saturated carbocycles. The summed E-state index contributed by atoms with van der Waals surface area (Å²) < 4.78 is 5.27. The lowest BCUT2D eigenvalue weighted by Gasteiger charge is -2.12. The third-order valence-electron chi connectivity index (χ3n) is 2.61. The molecule has 3 nitrogen and oxygen atoms in total. The molecule has 1 aromatic heterocycles. The summed E-state index contributed by atoms with van der Waals surface area (Å²) in [7, 11) is 0. The average Bonchev–Trinajstić information content (AvgIpc) is 2.77. The first-order valence-electron chi connectivity index (χ1n) is 5.59. The van der Waals surface area contributed by atoms with Crippen molar-refractivity contribution in [2.75, 3.05) is 0 Å². The van der Waals surface area contributed by atoms with E-state index in [0.29, 0.717) is 5.76 Å². The van der Waals surface area contributed by atoms with E-state index in [2.05, 4.69) is 5.32 Å². The summed E-state index contributed by atoms with van der Waals surface area (Å²) in [4.78, 5) is 11.8. The number of carbonyl (C=O) groups excluding carboxylic acids is 1. The largest absolute Gasteiger partial charge is 0.456 e. The minimum atomic E-state index is -0.186. The summed E-state index contributed by atoms with van der Waals surface area (Å²) in [5.74, 6) is 0.905. The van der Waals surface area contributed by atoms with Gasteiger partial charge in [-0.1, -0.05) is 30.3 Å². The average molecular weight is 229 g/mol. The van der Waals surface area contributed by atoms with Crippen LogP contribution in [0.5, 0.6) is 0 Å². The topological polar surface area (TPSA) is 42.2 Å². The van der Waals surface area contributed by atoms with Gasteiger partial charge < -0.3 is 9.73 Å². The van der Waals surface area contributed by atoms with E-state index in [1.54, 1.807) is 12.1 Å². The lowest BCUT2D eigenvalue weighted by atomic mass is 10.1. The molecule has 0 radical (unpaired) electrons. The van der Waals surface area contributed by atoms with Gasteiger partial charge in [0.15, 0.2) is 5.76 Å². The van der Waals surface area contributed by atoms with Gasteiger partial charge in [0.2, 0.25) is 0 Å². The number of nitrogens with one attached hydrogen (secondary N) is 1. The molecular formula is C14H15NO2. The number of aryl methyl sites for hydroxylation is 1. The Bertz CT molecular complexity index is 502. The fourth-order valence-corrected chi connectivity index (χ4v) is 1.65. The Morgan fingerprint density at radius 1 is 1.18 bits per heavy atom. The van der Waals surface area contributed by atoms with Crippen LogP contribution < -0.4 is 5.32 Å². The van der Waals surface area contributed by atoms with Crippen molar-refractivity contribution < 1.29 is 9.21 Å². The van der Waals surface area contributed by atoms with E-state index in [-0.39, 0.29) is 11.9 Å². The Morgan fingerprint density at radius 2 is 1.88 bits per heavy atom. The van der Waals surface area contributed by atoms with Crippen molar-refractivity contribution in [2.45, 2.75) is 19.9 Å². The fourth-order valence-electron chi connectivity index (χ4n) is 1.65. The van der Waals surface area contributed by atoms with E-state index < -0.39 is 0 Å². The Balaban J connectivity index is 2.04. The molecule has 0 aliphatic heterocycles. The van der Waals surface area contributed by atoms with Gasteiger partial charge >= 0.3 is 0 Å². The van der Waals surface area contributed by atoms with Crippen LogP contribution in [0.2, 0.25) is 0 Å². The quantitative estimate of drug-likeness (QED) is 0.878. The van der Waals surface area contributed by atoms with Crippen molar-refractivity contribution in [3.8, 4) is 0 Å². The van der Waals surface area contributed by atoms with Crippen molar-refractivity contribution in [1.29, 1.82) is 0 Å². The van der Waals surface area contributed by atoms with Crippen LogP contribution in [-0.4, -0.2) is 5.91 Å². The third-order valence-corrected chi connectivity index (χ3v) is 2.61. The van der Waals surface area contributed by atoms with Crippen LogP contribution in [0.25, 0.3) is 0 Å². The number of carbonyl (C=O) groups is 1. The van der Waals surface area contributed by atoms with Crippen LogP contribution in [0.1, 0.15) is 34.8 Å². The maximum Gasteiger partial charge on any atom is 0.287 e. The van der Waals surface area contributed by atoms with Gasteiger partial charge in [0.1, 0.15) is 5.76 Å². The molecular weight excluding hydrogens is 214 g/mol. The van der Waals surface area contributed by atoms with Gasteiger partial charge in [-0.05, 0) is 31.5 Å². The highest BCUT2D eigenvalue weighted by Crippen LogP contribution is 2.13. The zero-order chi connectivity index (χ0) is 12.3. The number of amides is 1. The molecule has 88 valence electrons. The Kier molecular flexibility index (Phi) is 3.28. The van der Waals surface area contributed by atoms with Gasteiger partial charge in [-0.25, -0.2) is 0 Å². The second kappa shape index (κ2) is 4.87. The van der Waals surface area contributed by atoms with E-state index in [1.807, 2.05) is 44.2 Å². The molecule has 0 fully saturated rings. The van der Waals surface area contributed by atoms with Crippen LogP contribution in [0.15, 0.2) is 46.9 Å². The molecule has 1 aromatic carbocycles. The Morgan fingerprint density at radius 3 is 2.47 bits per heavy atom. The van der Waals surface area contributed by atoms with Gasteiger partial charge in [-0.15, -0.1) is 0 Å². The van der Waals surface area contributed by atoms with E-state index in [1.165, 1.54) is 0 Å². The van der Waals surface area contributed by atoms with Crippen LogP contribution >= 0.6 is 0 Å². The second-order valence-corrected chi connectivity index (χ2v) is 4.02. The minimum Gasteiger partial charge on any atom is -0.456 e. The SMILES string of the molecule is Cc1ccc(C(=O)N[C@H](C)c2ccccc2)o1. The molecule has 0 aliphatic rings. The highest BCUT2D eigenvalue weighted by molar-refractivity contribution is 5.91. The Labute approximate surface area is 100 Å². The van der Waals surface area contributed by atoms with Gasteiger partial charge in [-0.2, -0.15) is 0 Å². The van der Waals surface area contributed by atoms with Crippen molar-refractivity contribution >= 4 is 5.91 Å². The van der Waals surface area contributed by atoms with Crippen molar-refractivity contribution in [3.63, 3.8) is 0 Å². The van der Waals surface area contributed by atoms with E-state index in [4.69, 9.17) is 4.42 Å². The number of hydrogen-bond donors (Lipinski definition) is 1. The van der Waals surface area contributed by atoms with Gasteiger partial charge in [-0.3, -0.25) is 4.79 Å². The summed E-state index contributed by atoms with van der Waals surface area (Å²) in [5, 5.41) is 2.89. The van der Waals surface area contributed by atoms with Crippen LogP contribution in [0.3, 0.4) is 0 Å². The molecule has 0 unspecified atom stereocenters. The molecule has 1 N–H and O–H groups in total. The fraction of sp³-hybridized carbons (Fsp3) is 0.214. The lowest BCUT2D eigenvalue weighted by Crippen LogP contribution is -2.26. The summed E-state index contributed by atoms with van der Waals surface area (Å²) in [6.07, 6.45) is 0. The van der Waals surface area contributed by atoms with Crippen molar-refractivity contribution in [3.05, 3.63) is 59.5 Å². The zero-order valence-corrected chi connectivity index (χ0v) is 9.94. The molecule has 0 bridgehead atoms. The summed E-state index contributed by atoms with van der Waals surface area (Å²) in [5.41, 5.74) is 1.07. The molecule has 2 aromatic rings. The number of benzene rings is 1. The standard InChI is InChI=1S/C14H15NO2/c1-10-8-9-13(17-10)14(16)15-11(2)12-6-4-3-5-7-12/h3-9,11H,1-2H3,(H,15,16)/t11-/m1/s1. The molecule has 1 amide bonds. The monoisotopic (exact) mass is 229 g/mol. The maximum absolute atomic E-state index is 11.8. The molecule has 17 heavy (non-hydrogen) atoms. The smallest absolute Gasteiger partial charge is 0.287 e. The van der Waals surface area contributed by atoms with Gasteiger partial charge in [0.25, 0.3) is 5.91 Å². The van der Waals surface area contributed by atoms with Gasteiger partial charge in [0.05, 0.1) is 6.04 Å². The number of hydrogen-bond acceptors (Lipinski definition) is 2. The van der Waals surface area contributed by atoms with Crippen LogP contribution in [-0.2, 0) is 0 Å². The van der Waals surface area contributed by atoms with E-state index >= 15 is 0 Å². The summed E-state index contributed by atoms with van der Waals surface area (Å²) in [6.45, 7) is 3.76.